The molecule has 5 N–H and O–H groups in total. The average molecular weight is 511 g/mol. The lowest BCUT2D eigenvalue weighted by atomic mass is 9.74. The number of carboxylic acid groups (broad SMARTS) is 1. The van der Waals surface area contributed by atoms with Crippen LogP contribution >= 0.6 is 0 Å². The molecular formula is C29H54N2O5. The summed E-state index contributed by atoms with van der Waals surface area (Å²) in [6.45, 7) is 4.37. The van der Waals surface area contributed by atoms with Crippen molar-refractivity contribution in [3.05, 3.63) is 0 Å². The summed E-state index contributed by atoms with van der Waals surface area (Å²) in [5.74, 6) is -4.96. The molecule has 0 aliphatic rings. The van der Waals surface area contributed by atoms with E-state index >= 15 is 0 Å². The predicted octanol–water partition coefficient (Wildman–Crippen LogP) is 6.24. The monoisotopic (exact) mass is 510 g/mol. The number of amides is 1. The Kier molecular flexibility index (Phi) is 20.3. The Labute approximate surface area is 219 Å². The standard InChI is InChI=1S/C29H54N2O5/c1-3-5-7-9-11-13-15-17-19-21-25(32)24(23-27(30)34)29(31,28(35)36)26(33)22-20-18-16-14-12-10-8-6-4-2/h24H,3-23,31H2,1-2H3,(H2,30,34)(H,35,36)/t24?,29-/m1/s1. The maximum absolute atomic E-state index is 13.0. The topological polar surface area (TPSA) is 141 Å². The SMILES string of the molecule is CCCCCCCCCCCC(=O)C(CC(N)=O)[C@](N)(C(=O)O)C(=O)CCCCCCCCCCC. The molecule has 0 heterocycles. The molecule has 7 heteroatoms. The number of ketones is 2. The molecule has 36 heavy (non-hydrogen) atoms. The quantitative estimate of drug-likeness (QED) is 0.0929. The van der Waals surface area contributed by atoms with Crippen molar-refractivity contribution in [2.45, 2.75) is 154 Å². The van der Waals surface area contributed by atoms with Crippen molar-refractivity contribution in [3.63, 3.8) is 0 Å². The minimum absolute atomic E-state index is 0.0147. The summed E-state index contributed by atoms with van der Waals surface area (Å²) in [6.07, 6.45) is 18.7. The van der Waals surface area contributed by atoms with Gasteiger partial charge in [0, 0.05) is 19.3 Å². The minimum Gasteiger partial charge on any atom is -0.480 e. The first-order valence-electron chi connectivity index (χ1n) is 14.6. The largest absolute Gasteiger partial charge is 0.480 e. The second kappa shape index (κ2) is 21.3. The number of hydrogen-bond acceptors (Lipinski definition) is 5. The number of carboxylic acids is 1. The summed E-state index contributed by atoms with van der Waals surface area (Å²) in [6, 6.07) is 0. The van der Waals surface area contributed by atoms with E-state index in [2.05, 4.69) is 13.8 Å². The Balaban J connectivity index is 4.72. The number of rotatable bonds is 26. The summed E-state index contributed by atoms with van der Waals surface area (Å²) < 4.78 is 0. The summed E-state index contributed by atoms with van der Waals surface area (Å²) in [5, 5.41) is 9.86. The molecule has 0 aliphatic carbocycles. The maximum Gasteiger partial charge on any atom is 0.332 e. The van der Waals surface area contributed by atoms with Gasteiger partial charge >= 0.3 is 5.97 Å². The van der Waals surface area contributed by atoms with Crippen LogP contribution in [0, 0.1) is 5.92 Å². The average Bonchev–Trinajstić information content (AvgIpc) is 2.84. The Morgan fingerprint density at radius 1 is 0.639 bits per heavy atom. The van der Waals surface area contributed by atoms with Gasteiger partial charge in [-0.25, -0.2) is 4.79 Å². The van der Waals surface area contributed by atoms with Gasteiger partial charge in [0.05, 0.1) is 5.92 Å². The number of aliphatic carboxylic acids is 1. The molecule has 0 aromatic rings. The summed E-state index contributed by atoms with van der Waals surface area (Å²) in [4.78, 5) is 49.7. The molecule has 0 aliphatic heterocycles. The fourth-order valence-electron chi connectivity index (χ4n) is 4.78. The molecule has 1 amide bonds. The molecule has 0 saturated heterocycles. The molecule has 0 spiro atoms. The Hall–Kier alpha value is -1.76. The number of nitrogens with two attached hydrogens (primary N) is 2. The van der Waals surface area contributed by atoms with Crippen molar-refractivity contribution in [2.75, 3.05) is 0 Å². The van der Waals surface area contributed by atoms with Gasteiger partial charge in [-0.05, 0) is 12.8 Å². The van der Waals surface area contributed by atoms with E-state index in [-0.39, 0.29) is 12.8 Å². The van der Waals surface area contributed by atoms with E-state index in [0.717, 1.165) is 44.9 Å². The van der Waals surface area contributed by atoms with Crippen molar-refractivity contribution in [1.82, 2.24) is 0 Å². The van der Waals surface area contributed by atoms with Crippen LogP contribution in [-0.4, -0.2) is 34.1 Å². The highest BCUT2D eigenvalue weighted by Crippen LogP contribution is 2.26. The van der Waals surface area contributed by atoms with Gasteiger partial charge in [-0.3, -0.25) is 14.4 Å². The number of hydrogen-bond donors (Lipinski definition) is 3. The highest BCUT2D eigenvalue weighted by atomic mass is 16.4. The predicted molar refractivity (Wildman–Crippen MR) is 146 cm³/mol. The van der Waals surface area contributed by atoms with Crippen molar-refractivity contribution in [2.24, 2.45) is 17.4 Å². The Morgan fingerprint density at radius 2 is 1.00 bits per heavy atom. The van der Waals surface area contributed by atoms with Gasteiger partial charge in [0.1, 0.15) is 5.78 Å². The van der Waals surface area contributed by atoms with Gasteiger partial charge < -0.3 is 16.6 Å². The fraction of sp³-hybridized carbons (Fsp3) is 0.862. The minimum atomic E-state index is -2.41. The maximum atomic E-state index is 13.0. The molecule has 210 valence electrons. The molecule has 0 bridgehead atoms. The van der Waals surface area contributed by atoms with Crippen molar-refractivity contribution < 1.29 is 24.3 Å². The molecule has 0 saturated carbocycles. The van der Waals surface area contributed by atoms with E-state index in [1.165, 1.54) is 57.8 Å². The van der Waals surface area contributed by atoms with Gasteiger partial charge in [-0.2, -0.15) is 0 Å². The third kappa shape index (κ3) is 14.7. The third-order valence-electron chi connectivity index (χ3n) is 7.19. The molecule has 0 fully saturated rings. The van der Waals surface area contributed by atoms with Crippen LogP contribution in [0.25, 0.3) is 0 Å². The Morgan fingerprint density at radius 3 is 1.36 bits per heavy atom. The van der Waals surface area contributed by atoms with E-state index in [4.69, 9.17) is 11.5 Å². The first-order chi connectivity index (χ1) is 17.2. The molecule has 0 rings (SSSR count). The lowest BCUT2D eigenvalue weighted by Crippen LogP contribution is -2.63. The molecule has 1 unspecified atom stereocenters. The number of carbonyl (C=O) groups is 4. The van der Waals surface area contributed by atoms with Crippen molar-refractivity contribution >= 4 is 23.4 Å². The molecule has 2 atom stereocenters. The van der Waals surface area contributed by atoms with Crippen molar-refractivity contribution in [3.8, 4) is 0 Å². The van der Waals surface area contributed by atoms with E-state index < -0.39 is 41.3 Å². The van der Waals surface area contributed by atoms with Crippen LogP contribution in [0.1, 0.15) is 149 Å². The highest BCUT2D eigenvalue weighted by Gasteiger charge is 2.51. The van der Waals surface area contributed by atoms with Crippen LogP contribution in [0.15, 0.2) is 0 Å². The first-order valence-corrected chi connectivity index (χ1v) is 14.6. The normalized spacial score (nSPS) is 13.8. The van der Waals surface area contributed by atoms with Crippen molar-refractivity contribution in [1.29, 1.82) is 0 Å². The molecule has 0 aromatic heterocycles. The zero-order valence-corrected chi connectivity index (χ0v) is 23.2. The summed E-state index contributed by atoms with van der Waals surface area (Å²) in [5.41, 5.74) is 9.03. The smallest absolute Gasteiger partial charge is 0.332 e. The lowest BCUT2D eigenvalue weighted by molar-refractivity contribution is -0.154. The second-order valence-electron chi connectivity index (χ2n) is 10.4. The number of Topliss-reactive ketones (excluding diaryl/α,β-unsaturated/α-hetero) is 2. The molecule has 0 aromatic carbocycles. The second-order valence-corrected chi connectivity index (χ2v) is 10.4. The summed E-state index contributed by atoms with van der Waals surface area (Å²) in [7, 11) is 0. The summed E-state index contributed by atoms with van der Waals surface area (Å²) >= 11 is 0. The molecule has 7 nitrogen and oxygen atoms in total. The number of carbonyl (C=O) groups excluding carboxylic acids is 3. The van der Waals surface area contributed by atoms with Crippen LogP contribution in [-0.2, 0) is 19.2 Å². The van der Waals surface area contributed by atoms with Gasteiger partial charge in [-0.15, -0.1) is 0 Å². The van der Waals surface area contributed by atoms with Crippen LogP contribution in [0.2, 0.25) is 0 Å². The zero-order chi connectivity index (χ0) is 27.2. The zero-order valence-electron chi connectivity index (χ0n) is 23.2. The first kappa shape index (κ1) is 34.2. The fourth-order valence-corrected chi connectivity index (χ4v) is 4.78. The van der Waals surface area contributed by atoms with E-state index in [9.17, 15) is 24.3 Å². The van der Waals surface area contributed by atoms with Crippen LogP contribution in [0.4, 0.5) is 0 Å². The molecular weight excluding hydrogens is 456 g/mol. The van der Waals surface area contributed by atoms with Gasteiger partial charge in [0.2, 0.25) is 5.91 Å². The van der Waals surface area contributed by atoms with Crippen LogP contribution in [0.5, 0.6) is 0 Å². The van der Waals surface area contributed by atoms with Gasteiger partial charge in [-0.1, -0.05) is 117 Å². The third-order valence-corrected chi connectivity index (χ3v) is 7.19. The number of primary amides is 1. The van der Waals surface area contributed by atoms with E-state index in [1.807, 2.05) is 0 Å². The van der Waals surface area contributed by atoms with Crippen LogP contribution < -0.4 is 11.5 Å². The van der Waals surface area contributed by atoms with Crippen LogP contribution in [0.3, 0.4) is 0 Å². The lowest BCUT2D eigenvalue weighted by Gasteiger charge is -2.31. The van der Waals surface area contributed by atoms with Gasteiger partial charge in [0.25, 0.3) is 0 Å². The molecule has 0 radical (unpaired) electrons. The van der Waals surface area contributed by atoms with Gasteiger partial charge in [0.15, 0.2) is 11.3 Å². The Bertz CT molecular complexity index is 637. The van der Waals surface area contributed by atoms with E-state index in [1.54, 1.807) is 0 Å². The number of unbranched alkanes of at least 4 members (excludes halogenated alkanes) is 16. The highest BCUT2D eigenvalue weighted by molar-refractivity contribution is 6.12. The van der Waals surface area contributed by atoms with E-state index in [0.29, 0.717) is 12.8 Å².